The lowest BCUT2D eigenvalue weighted by Crippen LogP contribution is -2.39. The van der Waals surface area contributed by atoms with Gasteiger partial charge in [-0.2, -0.15) is 0 Å². The highest BCUT2D eigenvalue weighted by Crippen LogP contribution is 2.34. The fraction of sp³-hybridized carbons (Fsp3) is 0.500. The molecule has 1 unspecified atom stereocenters. The SMILES string of the molecule is CN(Cc1cccc(C(N)=O)c1)C(CN)C1CC1. The number of carbonyl (C=O) groups is 1. The minimum absolute atomic E-state index is 0.378. The van der Waals surface area contributed by atoms with Gasteiger partial charge in [-0.1, -0.05) is 12.1 Å². The van der Waals surface area contributed by atoms with Gasteiger partial charge in [-0.3, -0.25) is 9.69 Å². The van der Waals surface area contributed by atoms with Gasteiger partial charge >= 0.3 is 0 Å². The highest BCUT2D eigenvalue weighted by atomic mass is 16.1. The third-order valence-electron chi connectivity index (χ3n) is 3.62. The Morgan fingerprint density at radius 1 is 1.50 bits per heavy atom. The average Bonchev–Trinajstić information content (AvgIpc) is 3.14. The lowest BCUT2D eigenvalue weighted by atomic mass is 10.1. The summed E-state index contributed by atoms with van der Waals surface area (Å²) < 4.78 is 0. The molecule has 98 valence electrons. The van der Waals surface area contributed by atoms with E-state index in [2.05, 4.69) is 11.9 Å². The quantitative estimate of drug-likeness (QED) is 0.786. The van der Waals surface area contributed by atoms with E-state index in [1.807, 2.05) is 18.2 Å². The molecule has 0 aliphatic heterocycles. The molecule has 4 heteroatoms. The van der Waals surface area contributed by atoms with Gasteiger partial charge < -0.3 is 11.5 Å². The van der Waals surface area contributed by atoms with Gasteiger partial charge in [0, 0.05) is 24.7 Å². The molecule has 4 N–H and O–H groups in total. The van der Waals surface area contributed by atoms with Crippen LogP contribution in [-0.4, -0.2) is 30.4 Å². The summed E-state index contributed by atoms with van der Waals surface area (Å²) in [4.78, 5) is 13.4. The molecule has 1 amide bonds. The molecular weight excluding hydrogens is 226 g/mol. The van der Waals surface area contributed by atoms with Crippen molar-refractivity contribution in [2.75, 3.05) is 13.6 Å². The van der Waals surface area contributed by atoms with Crippen molar-refractivity contribution in [1.29, 1.82) is 0 Å². The molecule has 1 saturated carbocycles. The van der Waals surface area contributed by atoms with E-state index in [9.17, 15) is 4.79 Å². The molecule has 4 nitrogen and oxygen atoms in total. The van der Waals surface area contributed by atoms with Crippen molar-refractivity contribution in [3.8, 4) is 0 Å². The molecule has 0 saturated heterocycles. The van der Waals surface area contributed by atoms with Gasteiger partial charge in [-0.25, -0.2) is 0 Å². The van der Waals surface area contributed by atoms with Gasteiger partial charge in [-0.05, 0) is 43.5 Å². The van der Waals surface area contributed by atoms with Gasteiger partial charge in [0.1, 0.15) is 0 Å². The Morgan fingerprint density at radius 3 is 2.78 bits per heavy atom. The van der Waals surface area contributed by atoms with Crippen molar-refractivity contribution in [2.45, 2.75) is 25.4 Å². The van der Waals surface area contributed by atoms with Crippen LogP contribution >= 0.6 is 0 Å². The molecule has 2 rings (SSSR count). The van der Waals surface area contributed by atoms with E-state index < -0.39 is 0 Å². The second-order valence-corrected chi connectivity index (χ2v) is 5.12. The second kappa shape index (κ2) is 5.50. The van der Waals surface area contributed by atoms with E-state index in [0.29, 0.717) is 18.2 Å². The van der Waals surface area contributed by atoms with Crippen molar-refractivity contribution < 1.29 is 4.79 Å². The van der Waals surface area contributed by atoms with Crippen LogP contribution in [0.3, 0.4) is 0 Å². The molecule has 1 aliphatic carbocycles. The van der Waals surface area contributed by atoms with Crippen molar-refractivity contribution in [3.05, 3.63) is 35.4 Å². The van der Waals surface area contributed by atoms with Crippen LogP contribution in [0.4, 0.5) is 0 Å². The predicted molar refractivity (Wildman–Crippen MR) is 72.0 cm³/mol. The van der Waals surface area contributed by atoms with E-state index >= 15 is 0 Å². The fourth-order valence-corrected chi connectivity index (χ4v) is 2.44. The van der Waals surface area contributed by atoms with Gasteiger partial charge in [0.15, 0.2) is 0 Å². The number of rotatable bonds is 6. The van der Waals surface area contributed by atoms with Crippen LogP contribution in [0.25, 0.3) is 0 Å². The number of hydrogen-bond acceptors (Lipinski definition) is 3. The van der Waals surface area contributed by atoms with Crippen molar-refractivity contribution in [2.24, 2.45) is 17.4 Å². The Kier molecular flexibility index (Phi) is 3.99. The number of primary amides is 1. The largest absolute Gasteiger partial charge is 0.366 e. The number of nitrogens with zero attached hydrogens (tertiary/aromatic N) is 1. The Labute approximate surface area is 108 Å². The van der Waals surface area contributed by atoms with Crippen LogP contribution in [0.15, 0.2) is 24.3 Å². The summed E-state index contributed by atoms with van der Waals surface area (Å²) in [7, 11) is 2.09. The van der Waals surface area contributed by atoms with Crippen molar-refractivity contribution >= 4 is 5.91 Å². The predicted octanol–water partition coefficient (Wildman–Crippen LogP) is 0.955. The first kappa shape index (κ1) is 13.1. The average molecular weight is 247 g/mol. The normalized spacial score (nSPS) is 16.8. The molecule has 1 aliphatic rings. The van der Waals surface area contributed by atoms with Gasteiger partial charge in [0.05, 0.1) is 0 Å². The number of nitrogens with two attached hydrogens (primary N) is 2. The zero-order valence-corrected chi connectivity index (χ0v) is 10.8. The maximum atomic E-state index is 11.1. The maximum Gasteiger partial charge on any atom is 0.248 e. The van der Waals surface area contributed by atoms with Gasteiger partial charge in [-0.15, -0.1) is 0 Å². The smallest absolute Gasteiger partial charge is 0.248 e. The summed E-state index contributed by atoms with van der Waals surface area (Å²) in [5.41, 5.74) is 12.8. The Balaban J connectivity index is 2.03. The monoisotopic (exact) mass is 247 g/mol. The van der Waals surface area contributed by atoms with E-state index in [4.69, 9.17) is 11.5 Å². The van der Waals surface area contributed by atoms with Crippen molar-refractivity contribution in [1.82, 2.24) is 4.90 Å². The lowest BCUT2D eigenvalue weighted by molar-refractivity contribution is 0.1000. The topological polar surface area (TPSA) is 72.3 Å². The summed E-state index contributed by atoms with van der Waals surface area (Å²) in [6, 6.07) is 7.94. The van der Waals surface area contributed by atoms with Crippen LogP contribution in [0, 0.1) is 5.92 Å². The molecule has 18 heavy (non-hydrogen) atoms. The zero-order chi connectivity index (χ0) is 13.1. The molecule has 1 fully saturated rings. The first-order valence-corrected chi connectivity index (χ1v) is 6.41. The Bertz CT molecular complexity index is 429. The third kappa shape index (κ3) is 3.09. The molecular formula is C14H21N3O. The standard InChI is InChI=1S/C14H21N3O/c1-17(13(8-15)11-5-6-11)9-10-3-2-4-12(7-10)14(16)18/h2-4,7,11,13H,5-6,8-9,15H2,1H3,(H2,16,18). The van der Waals surface area contributed by atoms with Crippen LogP contribution in [0.2, 0.25) is 0 Å². The number of amides is 1. The molecule has 1 aromatic carbocycles. The number of carbonyl (C=O) groups excluding carboxylic acids is 1. The van der Waals surface area contributed by atoms with E-state index in [1.165, 1.54) is 12.8 Å². The summed E-state index contributed by atoms with van der Waals surface area (Å²) in [6.07, 6.45) is 2.57. The highest BCUT2D eigenvalue weighted by molar-refractivity contribution is 5.92. The summed E-state index contributed by atoms with van der Waals surface area (Å²) in [5.74, 6) is 0.372. The minimum atomic E-state index is -0.378. The minimum Gasteiger partial charge on any atom is -0.366 e. The van der Waals surface area contributed by atoms with E-state index in [1.54, 1.807) is 6.07 Å². The van der Waals surface area contributed by atoms with E-state index in [-0.39, 0.29) is 5.91 Å². The second-order valence-electron chi connectivity index (χ2n) is 5.12. The highest BCUT2D eigenvalue weighted by Gasteiger charge is 2.32. The number of likely N-dealkylation sites (N-methyl/N-ethyl adjacent to an activating group) is 1. The molecule has 0 bridgehead atoms. The Hall–Kier alpha value is -1.39. The van der Waals surface area contributed by atoms with Crippen molar-refractivity contribution in [3.63, 3.8) is 0 Å². The van der Waals surface area contributed by atoms with Crippen LogP contribution in [-0.2, 0) is 6.54 Å². The van der Waals surface area contributed by atoms with Crippen LogP contribution in [0.5, 0.6) is 0 Å². The van der Waals surface area contributed by atoms with E-state index in [0.717, 1.165) is 18.0 Å². The number of hydrogen-bond donors (Lipinski definition) is 2. The summed E-state index contributed by atoms with van der Waals surface area (Å²) in [5, 5.41) is 0. The maximum absolute atomic E-state index is 11.1. The van der Waals surface area contributed by atoms with Crippen LogP contribution < -0.4 is 11.5 Å². The fourth-order valence-electron chi connectivity index (χ4n) is 2.44. The molecule has 1 aromatic rings. The van der Waals surface area contributed by atoms with Crippen LogP contribution in [0.1, 0.15) is 28.8 Å². The first-order valence-electron chi connectivity index (χ1n) is 6.41. The molecule has 0 heterocycles. The third-order valence-corrected chi connectivity index (χ3v) is 3.62. The Morgan fingerprint density at radius 2 is 2.22 bits per heavy atom. The molecule has 0 aromatic heterocycles. The molecule has 0 radical (unpaired) electrons. The molecule has 0 spiro atoms. The zero-order valence-electron chi connectivity index (χ0n) is 10.8. The number of benzene rings is 1. The van der Waals surface area contributed by atoms with Gasteiger partial charge in [0.2, 0.25) is 5.91 Å². The first-order chi connectivity index (χ1) is 8.61. The lowest BCUT2D eigenvalue weighted by Gasteiger charge is -2.27. The van der Waals surface area contributed by atoms with Gasteiger partial charge in [0.25, 0.3) is 0 Å². The summed E-state index contributed by atoms with van der Waals surface area (Å²) >= 11 is 0. The summed E-state index contributed by atoms with van der Waals surface area (Å²) in [6.45, 7) is 1.50. The molecule has 1 atom stereocenters.